The van der Waals surface area contributed by atoms with Gasteiger partial charge in [-0.25, -0.2) is 0 Å². The lowest BCUT2D eigenvalue weighted by Crippen LogP contribution is -2.24. The van der Waals surface area contributed by atoms with E-state index in [0.717, 1.165) is 0 Å². The Morgan fingerprint density at radius 2 is 1.45 bits per heavy atom. The minimum atomic E-state index is 0.297. The number of fused-ring (bicyclic) bond motifs is 3. The van der Waals surface area contributed by atoms with Gasteiger partial charge in [-0.1, -0.05) is 37.8 Å². The van der Waals surface area contributed by atoms with Crippen LogP contribution in [0.25, 0.3) is 0 Å². The van der Waals surface area contributed by atoms with E-state index in [0.29, 0.717) is 16.6 Å². The lowest BCUT2D eigenvalue weighted by Gasteiger charge is -2.15. The monoisotopic (exact) mass is 194 g/mol. The maximum absolute atomic E-state index is 1.72. The highest BCUT2D eigenvalue weighted by atomic mass is 29.6. The molecule has 0 spiro atoms. The molecule has 3 heterocycles. The molecule has 0 saturated carbocycles. The molecule has 0 nitrogen and oxygen atoms in total. The second-order valence-corrected chi connectivity index (χ2v) is 15.9. The average Bonchev–Trinajstić information content (AvgIpc) is 2.52. The first-order valence-corrected chi connectivity index (χ1v) is 11.5. The zero-order valence-corrected chi connectivity index (χ0v) is 9.90. The molecule has 0 N–H and O–H groups in total. The van der Waals surface area contributed by atoms with Crippen molar-refractivity contribution < 1.29 is 0 Å². The van der Waals surface area contributed by atoms with Gasteiger partial charge in [0.2, 0.25) is 0 Å². The van der Waals surface area contributed by atoms with Crippen LogP contribution in [0.4, 0.5) is 0 Å². The van der Waals surface area contributed by atoms with E-state index in [4.69, 9.17) is 0 Å². The van der Waals surface area contributed by atoms with Gasteiger partial charge in [-0.15, -0.1) is 0 Å². The van der Waals surface area contributed by atoms with E-state index in [1.807, 2.05) is 0 Å². The molecule has 3 heteroatoms. The minimum Gasteiger partial charge on any atom is -0.0615 e. The van der Waals surface area contributed by atoms with E-state index in [-0.39, 0.29) is 0 Å². The molecular formula is C8H14Si3. The van der Waals surface area contributed by atoms with Gasteiger partial charge in [0.05, 0.1) is 0 Å². The Bertz CT molecular complexity index is 153. The lowest BCUT2D eigenvalue weighted by molar-refractivity contribution is 0.671. The molecule has 11 heavy (non-hydrogen) atoms. The van der Waals surface area contributed by atoms with Crippen molar-refractivity contribution in [1.29, 1.82) is 0 Å². The molecule has 4 radical (unpaired) electrons. The van der Waals surface area contributed by atoms with Crippen molar-refractivity contribution in [2.75, 3.05) is 0 Å². The largest absolute Gasteiger partial charge is 0.0615 e. The van der Waals surface area contributed by atoms with Crippen molar-refractivity contribution in [3.8, 4) is 0 Å². The Kier molecular flexibility index (Phi) is 1.66. The topological polar surface area (TPSA) is 0 Å². The van der Waals surface area contributed by atoms with E-state index in [1.165, 1.54) is 11.1 Å². The number of hydrogen-bond donors (Lipinski definition) is 0. The van der Waals surface area contributed by atoms with E-state index >= 15 is 0 Å². The smallest absolute Gasteiger partial charge is 0.0342 e. The van der Waals surface area contributed by atoms with Gasteiger partial charge in [-0.05, 0) is 11.1 Å². The predicted octanol–water partition coefficient (Wildman–Crippen LogP) is 2.02. The second kappa shape index (κ2) is 2.57. The van der Waals surface area contributed by atoms with Gasteiger partial charge in [0.25, 0.3) is 0 Å². The van der Waals surface area contributed by atoms with Gasteiger partial charge in [0.1, 0.15) is 0 Å². The Labute approximate surface area is 74.4 Å². The van der Waals surface area contributed by atoms with Crippen LogP contribution < -0.4 is 0 Å². The molecule has 0 bridgehead atoms. The minimum absolute atomic E-state index is 0.297. The molecule has 0 aromatic carbocycles. The third-order valence-corrected chi connectivity index (χ3v) is 21.0. The third kappa shape index (κ3) is 0.971. The van der Waals surface area contributed by atoms with Crippen molar-refractivity contribution in [2.24, 2.45) is 0 Å². The van der Waals surface area contributed by atoms with Crippen molar-refractivity contribution >= 4 is 25.2 Å². The lowest BCUT2D eigenvalue weighted by atomic mass is 10.1. The van der Waals surface area contributed by atoms with Gasteiger partial charge in [-0.3, -0.25) is 0 Å². The maximum Gasteiger partial charge on any atom is 0.0342 e. The van der Waals surface area contributed by atoms with E-state index < -0.39 is 0 Å². The van der Waals surface area contributed by atoms with Gasteiger partial charge in [-0.2, -0.15) is 0 Å². The average molecular weight is 194 g/mol. The van der Waals surface area contributed by atoms with E-state index in [1.54, 1.807) is 46.3 Å². The summed E-state index contributed by atoms with van der Waals surface area (Å²) in [4.78, 5) is 0. The first-order valence-electron chi connectivity index (χ1n) is 4.93. The molecule has 0 amide bonds. The Hall–Kier alpha value is 0.651. The molecular weight excluding hydrogens is 180 g/mol. The highest BCUT2D eigenvalue weighted by Crippen LogP contribution is 2.52. The van der Waals surface area contributed by atoms with Crippen LogP contribution in [0.15, 0.2) is 0 Å². The van der Waals surface area contributed by atoms with Crippen molar-refractivity contribution in [3.05, 3.63) is 0 Å². The van der Waals surface area contributed by atoms with Gasteiger partial charge < -0.3 is 0 Å². The summed E-state index contributed by atoms with van der Waals surface area (Å²) in [5.41, 5.74) is 2.71. The molecule has 3 saturated heterocycles. The van der Waals surface area contributed by atoms with Gasteiger partial charge >= 0.3 is 0 Å². The summed E-state index contributed by atoms with van der Waals surface area (Å²) in [5.74, 6) is 0. The van der Waals surface area contributed by atoms with Crippen LogP contribution in [-0.2, 0) is 0 Å². The molecule has 3 aliphatic rings. The molecule has 3 rings (SSSR count). The molecule has 3 fully saturated rings. The van der Waals surface area contributed by atoms with Crippen molar-refractivity contribution in [1.82, 2.24) is 0 Å². The highest BCUT2D eigenvalue weighted by molar-refractivity contribution is 7.45. The van der Waals surface area contributed by atoms with Crippen LogP contribution in [0.3, 0.4) is 0 Å². The number of hydrogen-bond acceptors (Lipinski definition) is 0. The summed E-state index contributed by atoms with van der Waals surface area (Å²) in [6.45, 7) is 0. The summed E-state index contributed by atoms with van der Waals surface area (Å²) in [6.07, 6.45) is 6.58. The summed E-state index contributed by atoms with van der Waals surface area (Å²) < 4.78 is 0. The highest BCUT2D eigenvalue weighted by Gasteiger charge is 2.48. The molecule has 3 aliphatic heterocycles. The summed E-state index contributed by atoms with van der Waals surface area (Å²) in [7, 11) is 2.17. The molecule has 2 atom stereocenters. The predicted molar refractivity (Wildman–Crippen MR) is 52.8 cm³/mol. The SMILES string of the molecule is C1CC2C3CCC[Si]3[Si][Si]2C1. The van der Waals surface area contributed by atoms with Crippen LogP contribution in [-0.4, -0.2) is 25.2 Å². The summed E-state index contributed by atoms with van der Waals surface area (Å²) >= 11 is 0. The fourth-order valence-electron chi connectivity index (χ4n) is 3.15. The standard InChI is InChI=1S/C8H14Si3/c1-3-7-8-4-2-6-11(8)9-10(7)5-1/h7-8H,1-6H2. The first kappa shape index (κ1) is 7.09. The Balaban J connectivity index is 1.84. The van der Waals surface area contributed by atoms with Crippen molar-refractivity contribution in [3.63, 3.8) is 0 Å². The van der Waals surface area contributed by atoms with E-state index in [9.17, 15) is 0 Å². The van der Waals surface area contributed by atoms with Crippen LogP contribution in [0.5, 0.6) is 0 Å². The second-order valence-electron chi connectivity index (χ2n) is 4.17. The normalized spacial score (nSPS) is 44.7. The van der Waals surface area contributed by atoms with E-state index in [2.05, 4.69) is 0 Å². The summed E-state index contributed by atoms with van der Waals surface area (Å²) in [6, 6.07) is 3.44. The first-order chi connectivity index (χ1) is 5.45. The Morgan fingerprint density at radius 1 is 0.909 bits per heavy atom. The van der Waals surface area contributed by atoms with Crippen LogP contribution >= 0.6 is 0 Å². The quantitative estimate of drug-likeness (QED) is 0.518. The summed E-state index contributed by atoms with van der Waals surface area (Å²) in [5, 5.41) is 0. The van der Waals surface area contributed by atoms with Gasteiger partial charge in [0.15, 0.2) is 0 Å². The molecule has 58 valence electrons. The molecule has 0 aromatic rings. The van der Waals surface area contributed by atoms with Crippen LogP contribution in [0.2, 0.25) is 23.2 Å². The fourth-order valence-corrected chi connectivity index (χ4v) is 26.2. The molecule has 0 aromatic heterocycles. The van der Waals surface area contributed by atoms with Crippen LogP contribution in [0.1, 0.15) is 25.7 Å². The maximum atomic E-state index is 1.72. The molecule has 2 unspecified atom stereocenters. The zero-order chi connectivity index (χ0) is 7.26. The zero-order valence-electron chi connectivity index (χ0n) is 6.90. The fraction of sp³-hybridized carbons (Fsp3) is 1.00. The van der Waals surface area contributed by atoms with Crippen molar-refractivity contribution in [2.45, 2.75) is 48.9 Å². The van der Waals surface area contributed by atoms with Gasteiger partial charge in [0, 0.05) is 25.2 Å². The third-order valence-electron chi connectivity index (χ3n) is 3.62. The number of rotatable bonds is 0. The molecule has 0 aliphatic carbocycles. The Morgan fingerprint density at radius 3 is 2.00 bits per heavy atom. The van der Waals surface area contributed by atoms with Crippen LogP contribution in [0, 0.1) is 0 Å².